The molecular weight excluding hydrogens is 434 g/mol. The Bertz CT molecular complexity index is 963. The molecule has 1 aliphatic rings. The van der Waals surface area contributed by atoms with Crippen molar-refractivity contribution < 1.29 is 24.0 Å². The molecule has 10 heteroatoms. The van der Waals surface area contributed by atoms with Crippen LogP contribution in [-0.2, 0) is 4.79 Å². The molecule has 146 valence electrons. The van der Waals surface area contributed by atoms with E-state index in [1.807, 2.05) is 13.0 Å². The van der Waals surface area contributed by atoms with E-state index in [1.165, 1.54) is 6.07 Å². The van der Waals surface area contributed by atoms with E-state index in [0.717, 1.165) is 16.1 Å². The van der Waals surface area contributed by atoms with E-state index in [0.29, 0.717) is 5.69 Å². The molecule has 1 aliphatic heterocycles. The van der Waals surface area contributed by atoms with Gasteiger partial charge >= 0.3 is 0 Å². The van der Waals surface area contributed by atoms with Gasteiger partial charge in [0.25, 0.3) is 11.6 Å². The number of nitro benzene ring substituents is 1. The van der Waals surface area contributed by atoms with Gasteiger partial charge in [-0.2, -0.15) is 0 Å². The molecule has 2 aromatic carbocycles. The van der Waals surface area contributed by atoms with E-state index in [-0.39, 0.29) is 36.8 Å². The lowest BCUT2D eigenvalue weighted by atomic mass is 10.1. The zero-order chi connectivity index (χ0) is 20.3. The summed E-state index contributed by atoms with van der Waals surface area (Å²) >= 11 is 3.34. The number of carbonyl (C=O) groups excluding carboxylic acids is 2. The second kappa shape index (κ2) is 8.26. The van der Waals surface area contributed by atoms with Gasteiger partial charge in [0.2, 0.25) is 5.91 Å². The molecule has 0 saturated heterocycles. The monoisotopic (exact) mass is 449 g/mol. The van der Waals surface area contributed by atoms with Crippen LogP contribution in [-0.4, -0.2) is 36.5 Å². The van der Waals surface area contributed by atoms with E-state index in [2.05, 4.69) is 26.6 Å². The molecule has 28 heavy (non-hydrogen) atoms. The van der Waals surface area contributed by atoms with Crippen LogP contribution in [0.5, 0.6) is 11.5 Å². The molecule has 0 unspecified atom stereocenters. The number of rotatable bonds is 5. The lowest BCUT2D eigenvalue weighted by Gasteiger charge is -2.18. The topological polar surface area (TPSA) is 120 Å². The number of fused-ring (bicyclic) bond motifs is 1. The molecule has 0 atom stereocenters. The van der Waals surface area contributed by atoms with Gasteiger partial charge < -0.3 is 20.1 Å². The number of nitrogens with zero attached hydrogens (tertiary/aromatic N) is 1. The maximum atomic E-state index is 12.4. The summed E-state index contributed by atoms with van der Waals surface area (Å²) in [5.74, 6) is -0.764. The maximum absolute atomic E-state index is 12.4. The van der Waals surface area contributed by atoms with E-state index >= 15 is 0 Å². The number of nitrogens with one attached hydrogen (secondary N) is 2. The maximum Gasteiger partial charge on any atom is 0.286 e. The van der Waals surface area contributed by atoms with Gasteiger partial charge in [0.05, 0.1) is 17.5 Å². The standard InChI is InChI=1S/C18H16BrN3O6/c1-10-6-11(19)2-3-13(10)21-17(23)9-20-18(24)12-7-15-16(28-5-4-27-15)8-14(12)22(25)26/h2-3,6-8H,4-5,9H2,1H3,(H,20,24)(H,21,23). The van der Waals surface area contributed by atoms with Gasteiger partial charge in [-0.1, -0.05) is 15.9 Å². The predicted molar refractivity (Wildman–Crippen MR) is 104 cm³/mol. The molecule has 0 spiro atoms. The number of anilines is 1. The zero-order valence-electron chi connectivity index (χ0n) is 14.8. The van der Waals surface area contributed by atoms with Crippen LogP contribution in [0.3, 0.4) is 0 Å². The van der Waals surface area contributed by atoms with Gasteiger partial charge in [0.15, 0.2) is 11.5 Å². The second-order valence-corrected chi connectivity index (χ2v) is 6.88. The van der Waals surface area contributed by atoms with Gasteiger partial charge in [-0.15, -0.1) is 0 Å². The molecule has 0 bridgehead atoms. The van der Waals surface area contributed by atoms with Crippen LogP contribution >= 0.6 is 15.9 Å². The van der Waals surface area contributed by atoms with Crippen molar-refractivity contribution in [3.05, 3.63) is 56.0 Å². The molecule has 2 aromatic rings. The fourth-order valence-corrected chi connectivity index (χ4v) is 3.10. The van der Waals surface area contributed by atoms with Crippen LogP contribution in [0.15, 0.2) is 34.8 Å². The number of amides is 2. The van der Waals surface area contributed by atoms with Gasteiger partial charge in [0, 0.05) is 16.2 Å². The van der Waals surface area contributed by atoms with Crippen LogP contribution in [0.2, 0.25) is 0 Å². The fourth-order valence-electron chi connectivity index (χ4n) is 2.63. The van der Waals surface area contributed by atoms with Crippen molar-refractivity contribution in [3.8, 4) is 11.5 Å². The number of hydrogen-bond donors (Lipinski definition) is 2. The van der Waals surface area contributed by atoms with Crippen molar-refractivity contribution >= 4 is 39.1 Å². The first-order valence-electron chi connectivity index (χ1n) is 8.27. The van der Waals surface area contributed by atoms with Crippen molar-refractivity contribution in [2.75, 3.05) is 25.1 Å². The Balaban J connectivity index is 1.70. The second-order valence-electron chi connectivity index (χ2n) is 5.96. The predicted octanol–water partition coefficient (Wildman–Crippen LogP) is 2.81. The molecule has 0 saturated carbocycles. The zero-order valence-corrected chi connectivity index (χ0v) is 16.4. The van der Waals surface area contributed by atoms with E-state index in [4.69, 9.17) is 9.47 Å². The number of benzene rings is 2. The summed E-state index contributed by atoms with van der Waals surface area (Å²) in [6, 6.07) is 7.74. The SMILES string of the molecule is Cc1cc(Br)ccc1NC(=O)CNC(=O)c1cc2c(cc1[N+](=O)[O-])OCCO2. The van der Waals surface area contributed by atoms with Crippen LogP contribution in [0.1, 0.15) is 15.9 Å². The van der Waals surface area contributed by atoms with Gasteiger partial charge in [-0.05, 0) is 30.7 Å². The largest absolute Gasteiger partial charge is 0.486 e. The number of aryl methyl sites for hydroxylation is 1. The van der Waals surface area contributed by atoms with Crippen LogP contribution in [0.25, 0.3) is 0 Å². The average Bonchev–Trinajstić information content (AvgIpc) is 2.67. The minimum atomic E-state index is -0.758. The molecule has 2 amide bonds. The van der Waals surface area contributed by atoms with Crippen molar-refractivity contribution in [1.82, 2.24) is 5.32 Å². The molecule has 2 N–H and O–H groups in total. The fraction of sp³-hybridized carbons (Fsp3) is 0.222. The highest BCUT2D eigenvalue weighted by atomic mass is 79.9. The van der Waals surface area contributed by atoms with Crippen molar-refractivity contribution in [2.45, 2.75) is 6.92 Å². The van der Waals surface area contributed by atoms with Gasteiger partial charge in [-0.3, -0.25) is 19.7 Å². The number of nitro groups is 1. The number of hydrogen-bond acceptors (Lipinski definition) is 6. The van der Waals surface area contributed by atoms with Crippen molar-refractivity contribution in [1.29, 1.82) is 0 Å². The Hall–Kier alpha value is -3.14. The summed E-state index contributed by atoms with van der Waals surface area (Å²) < 4.78 is 11.5. The smallest absolute Gasteiger partial charge is 0.286 e. The summed E-state index contributed by atoms with van der Waals surface area (Å²) in [5.41, 5.74) is 0.817. The molecule has 1 heterocycles. The Morgan fingerprint density at radius 1 is 1.18 bits per heavy atom. The molecule has 9 nitrogen and oxygen atoms in total. The Morgan fingerprint density at radius 2 is 1.86 bits per heavy atom. The summed E-state index contributed by atoms with van der Waals surface area (Å²) in [6.45, 7) is 2.03. The molecule has 0 aromatic heterocycles. The molecule has 3 rings (SSSR count). The lowest BCUT2D eigenvalue weighted by Crippen LogP contribution is -2.33. The third kappa shape index (κ3) is 4.39. The highest BCUT2D eigenvalue weighted by Gasteiger charge is 2.26. The Labute approximate surface area is 168 Å². The minimum Gasteiger partial charge on any atom is -0.486 e. The number of halogens is 1. The first-order chi connectivity index (χ1) is 13.3. The van der Waals surface area contributed by atoms with Gasteiger partial charge in [0.1, 0.15) is 18.8 Å². The normalized spacial score (nSPS) is 12.2. The van der Waals surface area contributed by atoms with Crippen molar-refractivity contribution in [3.63, 3.8) is 0 Å². The van der Waals surface area contributed by atoms with Crippen LogP contribution < -0.4 is 20.1 Å². The number of ether oxygens (including phenoxy) is 2. The quantitative estimate of drug-likeness (QED) is 0.534. The Kier molecular flexibility index (Phi) is 5.78. The number of carbonyl (C=O) groups is 2. The highest BCUT2D eigenvalue weighted by molar-refractivity contribution is 9.10. The van der Waals surface area contributed by atoms with Crippen molar-refractivity contribution in [2.24, 2.45) is 0 Å². The van der Waals surface area contributed by atoms with E-state index in [1.54, 1.807) is 12.1 Å². The molecule has 0 radical (unpaired) electrons. The van der Waals surface area contributed by atoms with Crippen LogP contribution in [0, 0.1) is 17.0 Å². The third-order valence-electron chi connectivity index (χ3n) is 3.97. The third-order valence-corrected chi connectivity index (χ3v) is 4.47. The molecule has 0 fully saturated rings. The lowest BCUT2D eigenvalue weighted by molar-refractivity contribution is -0.385. The Morgan fingerprint density at radius 3 is 2.50 bits per heavy atom. The summed E-state index contributed by atoms with van der Waals surface area (Å²) in [4.78, 5) is 35.2. The summed E-state index contributed by atoms with van der Waals surface area (Å²) in [6.07, 6.45) is 0. The average molecular weight is 450 g/mol. The minimum absolute atomic E-state index is 0.206. The first kappa shape index (κ1) is 19.6. The first-order valence-corrected chi connectivity index (χ1v) is 9.06. The molecule has 0 aliphatic carbocycles. The summed E-state index contributed by atoms with van der Waals surface area (Å²) in [7, 11) is 0. The van der Waals surface area contributed by atoms with E-state index < -0.39 is 22.4 Å². The highest BCUT2D eigenvalue weighted by Crippen LogP contribution is 2.36. The van der Waals surface area contributed by atoms with E-state index in [9.17, 15) is 19.7 Å². The summed E-state index contributed by atoms with van der Waals surface area (Å²) in [5, 5.41) is 16.4. The van der Waals surface area contributed by atoms with Gasteiger partial charge in [-0.25, -0.2) is 0 Å². The molecular formula is C18H16BrN3O6. The van der Waals surface area contributed by atoms with Crippen LogP contribution in [0.4, 0.5) is 11.4 Å².